The lowest BCUT2D eigenvalue weighted by atomic mass is 10.2. The van der Waals surface area contributed by atoms with E-state index in [1.165, 1.54) is 0 Å². The van der Waals surface area contributed by atoms with E-state index in [2.05, 4.69) is 10.3 Å². The van der Waals surface area contributed by atoms with Crippen LogP contribution in [0.3, 0.4) is 0 Å². The van der Waals surface area contributed by atoms with E-state index in [9.17, 15) is 4.79 Å². The third-order valence-corrected chi connectivity index (χ3v) is 2.74. The average Bonchev–Trinajstić information content (AvgIpc) is 2.61. The molecule has 0 bridgehead atoms. The molecule has 1 heterocycles. The number of aryl methyl sites for hydroxylation is 3. The molecule has 18 heavy (non-hydrogen) atoms. The number of rotatable bonds is 3. The first-order valence-electron chi connectivity index (χ1n) is 5.84. The van der Waals surface area contributed by atoms with Crippen molar-refractivity contribution in [2.24, 2.45) is 0 Å². The lowest BCUT2D eigenvalue weighted by Gasteiger charge is -2.07. The summed E-state index contributed by atoms with van der Waals surface area (Å²) in [6.45, 7) is 5.57. The van der Waals surface area contributed by atoms with Crippen molar-refractivity contribution < 1.29 is 9.21 Å². The van der Waals surface area contributed by atoms with Crippen LogP contribution in [-0.2, 0) is 11.2 Å². The van der Waals surface area contributed by atoms with E-state index in [0.29, 0.717) is 11.7 Å². The van der Waals surface area contributed by atoms with Crippen LogP contribution >= 0.6 is 0 Å². The van der Waals surface area contributed by atoms with Gasteiger partial charge in [0, 0.05) is 12.6 Å². The predicted molar refractivity (Wildman–Crippen MR) is 69.5 cm³/mol. The molecule has 1 N–H and O–H groups in total. The van der Waals surface area contributed by atoms with Crippen molar-refractivity contribution in [1.82, 2.24) is 4.98 Å². The number of aromatic nitrogens is 1. The molecule has 1 aromatic heterocycles. The molecule has 1 amide bonds. The number of benzene rings is 1. The van der Waals surface area contributed by atoms with Gasteiger partial charge >= 0.3 is 0 Å². The summed E-state index contributed by atoms with van der Waals surface area (Å²) >= 11 is 0. The molecular weight excluding hydrogens is 228 g/mol. The van der Waals surface area contributed by atoms with Crippen molar-refractivity contribution in [3.8, 4) is 0 Å². The minimum Gasteiger partial charge on any atom is -0.445 e. The van der Waals surface area contributed by atoms with Crippen LogP contribution in [-0.4, -0.2) is 10.9 Å². The van der Waals surface area contributed by atoms with Gasteiger partial charge in [0.05, 0.1) is 12.1 Å². The molecule has 2 rings (SSSR count). The Kier molecular flexibility index (Phi) is 3.46. The number of hydrogen-bond acceptors (Lipinski definition) is 3. The van der Waals surface area contributed by atoms with Gasteiger partial charge < -0.3 is 9.73 Å². The highest BCUT2D eigenvalue weighted by Gasteiger charge is 2.12. The second-order valence-electron chi connectivity index (χ2n) is 4.28. The molecular formula is C14H16N2O2. The van der Waals surface area contributed by atoms with E-state index in [0.717, 1.165) is 16.9 Å². The monoisotopic (exact) mass is 244 g/mol. The third kappa shape index (κ3) is 2.77. The number of nitrogens with one attached hydrogen (secondary N) is 1. The van der Waals surface area contributed by atoms with Gasteiger partial charge in [-0.05, 0) is 25.5 Å². The summed E-state index contributed by atoms with van der Waals surface area (Å²) in [6.07, 6.45) is 0.209. The fraction of sp³-hybridized carbons (Fsp3) is 0.286. The maximum Gasteiger partial charge on any atom is 0.232 e. The smallest absolute Gasteiger partial charge is 0.232 e. The molecule has 0 aliphatic heterocycles. The fourth-order valence-electron chi connectivity index (χ4n) is 1.79. The zero-order valence-corrected chi connectivity index (χ0v) is 10.8. The summed E-state index contributed by atoms with van der Waals surface area (Å²) in [5, 5.41) is 2.87. The lowest BCUT2D eigenvalue weighted by Crippen LogP contribution is -2.15. The van der Waals surface area contributed by atoms with E-state index < -0.39 is 0 Å². The number of amides is 1. The summed E-state index contributed by atoms with van der Waals surface area (Å²) in [5.41, 5.74) is 2.64. The van der Waals surface area contributed by atoms with Gasteiger partial charge in [0.15, 0.2) is 5.89 Å². The first kappa shape index (κ1) is 12.4. The SMILES string of the molecule is Cc1nc(C)c(CC(=O)Nc2ccccc2C)o1. The molecule has 0 aliphatic carbocycles. The second-order valence-corrected chi connectivity index (χ2v) is 4.28. The Morgan fingerprint density at radius 3 is 2.61 bits per heavy atom. The standard InChI is InChI=1S/C14H16N2O2/c1-9-6-4-5-7-12(9)16-14(17)8-13-10(2)15-11(3)18-13/h4-7H,8H2,1-3H3,(H,16,17). The maximum absolute atomic E-state index is 11.9. The number of para-hydroxylation sites is 1. The number of carbonyl (C=O) groups excluding carboxylic acids is 1. The fourth-order valence-corrected chi connectivity index (χ4v) is 1.79. The number of nitrogens with zero attached hydrogens (tertiary/aromatic N) is 1. The summed E-state index contributed by atoms with van der Waals surface area (Å²) in [6, 6.07) is 7.67. The van der Waals surface area contributed by atoms with Gasteiger partial charge in [-0.2, -0.15) is 0 Å². The van der Waals surface area contributed by atoms with Gasteiger partial charge in [-0.25, -0.2) is 4.98 Å². The molecule has 0 saturated heterocycles. The van der Waals surface area contributed by atoms with Crippen molar-refractivity contribution in [3.63, 3.8) is 0 Å². The van der Waals surface area contributed by atoms with Crippen LogP contribution in [0.1, 0.15) is 22.9 Å². The molecule has 4 nitrogen and oxygen atoms in total. The highest BCUT2D eigenvalue weighted by molar-refractivity contribution is 5.92. The van der Waals surface area contributed by atoms with Gasteiger partial charge in [-0.15, -0.1) is 0 Å². The van der Waals surface area contributed by atoms with Crippen molar-refractivity contribution in [2.45, 2.75) is 27.2 Å². The Morgan fingerprint density at radius 1 is 1.28 bits per heavy atom. The Bertz CT molecular complexity index is 573. The quantitative estimate of drug-likeness (QED) is 0.903. The van der Waals surface area contributed by atoms with E-state index in [-0.39, 0.29) is 12.3 Å². The van der Waals surface area contributed by atoms with Crippen LogP contribution in [0.15, 0.2) is 28.7 Å². The molecule has 0 saturated carbocycles. The van der Waals surface area contributed by atoms with Crippen molar-refractivity contribution >= 4 is 11.6 Å². The molecule has 0 unspecified atom stereocenters. The maximum atomic E-state index is 11.9. The van der Waals surface area contributed by atoms with Gasteiger partial charge in [-0.1, -0.05) is 18.2 Å². The topological polar surface area (TPSA) is 55.1 Å². The molecule has 0 aliphatic rings. The Balaban J connectivity index is 2.06. The van der Waals surface area contributed by atoms with Gasteiger partial charge in [0.1, 0.15) is 5.76 Å². The molecule has 0 radical (unpaired) electrons. The summed E-state index contributed by atoms with van der Waals surface area (Å²) < 4.78 is 5.38. The average molecular weight is 244 g/mol. The molecule has 0 atom stereocenters. The molecule has 94 valence electrons. The van der Waals surface area contributed by atoms with Crippen LogP contribution in [0, 0.1) is 20.8 Å². The van der Waals surface area contributed by atoms with Gasteiger partial charge in [0.25, 0.3) is 0 Å². The second kappa shape index (κ2) is 5.04. The van der Waals surface area contributed by atoms with Crippen LogP contribution in [0.25, 0.3) is 0 Å². The molecule has 4 heteroatoms. The highest BCUT2D eigenvalue weighted by Crippen LogP contribution is 2.15. The lowest BCUT2D eigenvalue weighted by molar-refractivity contribution is -0.115. The van der Waals surface area contributed by atoms with Crippen molar-refractivity contribution in [2.75, 3.05) is 5.32 Å². The van der Waals surface area contributed by atoms with Crippen molar-refractivity contribution in [3.05, 3.63) is 47.2 Å². The largest absolute Gasteiger partial charge is 0.445 e. The minimum atomic E-state index is -0.0939. The Labute approximate surface area is 106 Å². The Hall–Kier alpha value is -2.10. The number of anilines is 1. The van der Waals surface area contributed by atoms with Crippen molar-refractivity contribution in [1.29, 1.82) is 0 Å². The normalized spacial score (nSPS) is 10.4. The minimum absolute atomic E-state index is 0.0939. The number of carbonyl (C=O) groups is 1. The first-order chi connectivity index (χ1) is 8.56. The van der Waals surface area contributed by atoms with E-state index in [1.807, 2.05) is 38.1 Å². The summed E-state index contributed by atoms with van der Waals surface area (Å²) in [5.74, 6) is 1.12. The van der Waals surface area contributed by atoms with Crippen LogP contribution < -0.4 is 5.32 Å². The molecule has 2 aromatic rings. The zero-order chi connectivity index (χ0) is 13.1. The molecule has 0 spiro atoms. The Morgan fingerprint density at radius 2 is 2.00 bits per heavy atom. The van der Waals surface area contributed by atoms with Crippen LogP contribution in [0.2, 0.25) is 0 Å². The summed E-state index contributed by atoms with van der Waals surface area (Å²) in [4.78, 5) is 16.0. The van der Waals surface area contributed by atoms with E-state index >= 15 is 0 Å². The number of oxazole rings is 1. The van der Waals surface area contributed by atoms with E-state index in [1.54, 1.807) is 6.92 Å². The highest BCUT2D eigenvalue weighted by atomic mass is 16.4. The van der Waals surface area contributed by atoms with E-state index in [4.69, 9.17) is 4.42 Å². The van der Waals surface area contributed by atoms with Crippen LogP contribution in [0.5, 0.6) is 0 Å². The van der Waals surface area contributed by atoms with Gasteiger partial charge in [-0.3, -0.25) is 4.79 Å². The summed E-state index contributed by atoms with van der Waals surface area (Å²) in [7, 11) is 0. The third-order valence-electron chi connectivity index (χ3n) is 2.74. The van der Waals surface area contributed by atoms with Crippen LogP contribution in [0.4, 0.5) is 5.69 Å². The molecule has 1 aromatic carbocycles. The predicted octanol–water partition coefficient (Wildman–Crippen LogP) is 2.78. The van der Waals surface area contributed by atoms with Gasteiger partial charge in [0.2, 0.25) is 5.91 Å². The number of hydrogen-bond donors (Lipinski definition) is 1. The molecule has 0 fully saturated rings. The first-order valence-corrected chi connectivity index (χ1v) is 5.84. The zero-order valence-electron chi connectivity index (χ0n) is 10.8.